The van der Waals surface area contributed by atoms with Gasteiger partial charge in [0, 0.05) is 22.8 Å². The molecule has 6 heteroatoms. The number of rotatable bonds is 2. The predicted octanol–water partition coefficient (Wildman–Crippen LogP) is -0.0146. The van der Waals surface area contributed by atoms with Crippen LogP contribution < -0.4 is 35.9 Å². The van der Waals surface area contributed by atoms with Crippen molar-refractivity contribution in [2.75, 3.05) is 21.0 Å². The van der Waals surface area contributed by atoms with Gasteiger partial charge in [-0.3, -0.25) is 0 Å². The largest absolute Gasteiger partial charge is 1.00 e. The molecule has 0 amide bonds. The number of pyridine rings is 1. The third-order valence-electron chi connectivity index (χ3n) is 5.07. The van der Waals surface area contributed by atoms with E-state index in [0.29, 0.717) is 6.79 Å². The molecule has 1 aliphatic carbocycles. The van der Waals surface area contributed by atoms with Crippen molar-refractivity contribution < 1.29 is 35.9 Å². The van der Waals surface area contributed by atoms with E-state index in [-0.39, 0.29) is 12.4 Å². The van der Waals surface area contributed by atoms with Crippen LogP contribution in [0.5, 0.6) is 23.0 Å². The Morgan fingerprint density at radius 2 is 1.65 bits per heavy atom. The van der Waals surface area contributed by atoms with Crippen LogP contribution in [0.4, 0.5) is 0 Å². The lowest BCUT2D eigenvalue weighted by atomic mass is 10.0. The molecule has 2 heterocycles. The second-order valence-electron chi connectivity index (χ2n) is 6.40. The van der Waals surface area contributed by atoms with Crippen LogP contribution in [0.15, 0.2) is 30.5 Å². The highest BCUT2D eigenvalue weighted by Crippen LogP contribution is 2.45. The lowest BCUT2D eigenvalue weighted by molar-refractivity contribution is -0.659. The first-order valence-corrected chi connectivity index (χ1v) is 8.19. The molecule has 134 valence electrons. The van der Waals surface area contributed by atoms with Crippen LogP contribution in [0.3, 0.4) is 0 Å². The molecular weight excluding hydrogens is 354 g/mol. The molecule has 2 aromatic carbocycles. The molecule has 0 bridgehead atoms. The molecule has 5 rings (SSSR count). The number of halogens is 1. The van der Waals surface area contributed by atoms with Gasteiger partial charge in [0.15, 0.2) is 29.2 Å². The highest BCUT2D eigenvalue weighted by Gasteiger charge is 2.32. The zero-order chi connectivity index (χ0) is 17.1. The zero-order valence-electron chi connectivity index (χ0n) is 14.8. The first kappa shape index (κ1) is 16.8. The monoisotopic (exact) mass is 371 g/mol. The number of aromatic nitrogens is 1. The van der Waals surface area contributed by atoms with E-state index in [1.54, 1.807) is 14.2 Å². The Labute approximate surface area is 157 Å². The summed E-state index contributed by atoms with van der Waals surface area (Å²) in [6.07, 6.45) is 3.00. The molecular formula is C20H18ClNO4. The molecule has 0 unspecified atom stereocenters. The van der Waals surface area contributed by atoms with Crippen LogP contribution in [0.2, 0.25) is 0 Å². The van der Waals surface area contributed by atoms with Crippen molar-refractivity contribution in [1.82, 2.24) is 0 Å². The van der Waals surface area contributed by atoms with E-state index in [4.69, 9.17) is 18.9 Å². The van der Waals surface area contributed by atoms with Gasteiger partial charge in [-0.25, -0.2) is 4.57 Å². The van der Waals surface area contributed by atoms with E-state index in [1.807, 2.05) is 6.07 Å². The fourth-order valence-corrected chi connectivity index (χ4v) is 3.95. The summed E-state index contributed by atoms with van der Waals surface area (Å²) >= 11 is 0. The molecule has 26 heavy (non-hydrogen) atoms. The number of hydrogen-bond acceptors (Lipinski definition) is 4. The first-order valence-electron chi connectivity index (χ1n) is 8.19. The Morgan fingerprint density at radius 3 is 2.38 bits per heavy atom. The van der Waals surface area contributed by atoms with Gasteiger partial charge in [0.05, 0.1) is 19.8 Å². The number of nitrogens with zero attached hydrogens (tertiary/aromatic N) is 1. The third-order valence-corrected chi connectivity index (χ3v) is 5.07. The number of benzene rings is 2. The maximum absolute atomic E-state index is 5.56. The van der Waals surface area contributed by atoms with E-state index in [0.717, 1.165) is 34.8 Å². The van der Waals surface area contributed by atoms with Crippen molar-refractivity contribution in [2.45, 2.75) is 6.42 Å². The zero-order valence-corrected chi connectivity index (χ0v) is 15.5. The molecule has 0 N–H and O–H groups in total. The minimum atomic E-state index is 0. The SMILES string of the molecule is COc1cc2c[n+](C)c3c(c2cc1OC)Cc1cc2c(cc1-3)OCO2.[Cl-]. The van der Waals surface area contributed by atoms with Crippen LogP contribution in [0.25, 0.3) is 22.0 Å². The van der Waals surface area contributed by atoms with Gasteiger partial charge < -0.3 is 31.4 Å². The average molecular weight is 372 g/mol. The predicted molar refractivity (Wildman–Crippen MR) is 92.6 cm³/mol. The van der Waals surface area contributed by atoms with E-state index in [9.17, 15) is 0 Å². The van der Waals surface area contributed by atoms with Gasteiger partial charge in [-0.05, 0) is 29.8 Å². The molecule has 5 nitrogen and oxygen atoms in total. The number of hydrogen-bond donors (Lipinski definition) is 0. The molecule has 0 saturated carbocycles. The Morgan fingerprint density at radius 1 is 0.962 bits per heavy atom. The quantitative estimate of drug-likeness (QED) is 0.465. The molecule has 0 spiro atoms. The topological polar surface area (TPSA) is 40.8 Å². The second-order valence-corrected chi connectivity index (χ2v) is 6.40. The molecule has 0 saturated heterocycles. The molecule has 1 aliphatic heterocycles. The highest BCUT2D eigenvalue weighted by atomic mass is 35.5. The van der Waals surface area contributed by atoms with Crippen LogP contribution in [0.1, 0.15) is 11.1 Å². The van der Waals surface area contributed by atoms with Crippen molar-refractivity contribution in [3.63, 3.8) is 0 Å². The number of methoxy groups -OCH3 is 2. The molecule has 0 atom stereocenters. The molecule has 1 aromatic heterocycles. The number of aryl methyl sites for hydroxylation is 1. The first-order chi connectivity index (χ1) is 12.2. The van der Waals surface area contributed by atoms with Crippen LogP contribution in [0, 0.1) is 0 Å². The average Bonchev–Trinajstić information content (AvgIpc) is 3.22. The van der Waals surface area contributed by atoms with Crippen LogP contribution in [-0.2, 0) is 13.5 Å². The number of ether oxygens (including phenoxy) is 4. The van der Waals surface area contributed by atoms with Gasteiger partial charge in [0.1, 0.15) is 7.05 Å². The van der Waals surface area contributed by atoms with Crippen molar-refractivity contribution in [2.24, 2.45) is 7.05 Å². The van der Waals surface area contributed by atoms with Gasteiger partial charge >= 0.3 is 0 Å². The Kier molecular flexibility index (Phi) is 3.84. The van der Waals surface area contributed by atoms with Gasteiger partial charge in [0.25, 0.3) is 0 Å². The van der Waals surface area contributed by atoms with Crippen LogP contribution >= 0.6 is 0 Å². The number of fused-ring (bicyclic) bond motifs is 6. The summed E-state index contributed by atoms with van der Waals surface area (Å²) in [5.41, 5.74) is 4.98. The summed E-state index contributed by atoms with van der Waals surface area (Å²) in [5.74, 6) is 3.14. The Bertz CT molecular complexity index is 1050. The highest BCUT2D eigenvalue weighted by molar-refractivity contribution is 5.94. The normalized spacial score (nSPS) is 13.2. The van der Waals surface area contributed by atoms with E-state index < -0.39 is 0 Å². The standard InChI is InChI=1S/C20H18NO4.ClH/c1-21-9-12-6-16(22-2)17(23-3)7-13(12)15-4-11-5-18-19(25-10-24-18)8-14(11)20(15)21;/h5-9H,4,10H2,1-3H3;1H/q+1;/p-1. The Balaban J connectivity index is 0.00000168. The lowest BCUT2D eigenvalue weighted by Gasteiger charge is -2.11. The molecule has 2 aliphatic rings. The van der Waals surface area contributed by atoms with Crippen molar-refractivity contribution >= 4 is 10.8 Å². The molecule has 0 fully saturated rings. The van der Waals surface area contributed by atoms with Gasteiger partial charge in [-0.15, -0.1) is 0 Å². The maximum atomic E-state index is 5.56. The third kappa shape index (κ3) is 2.20. The van der Waals surface area contributed by atoms with Gasteiger partial charge in [-0.1, -0.05) is 0 Å². The van der Waals surface area contributed by atoms with E-state index in [1.165, 1.54) is 27.8 Å². The summed E-state index contributed by atoms with van der Waals surface area (Å²) in [5, 5.41) is 2.32. The smallest absolute Gasteiger partial charge is 0.231 e. The lowest BCUT2D eigenvalue weighted by Crippen LogP contribution is -3.00. The maximum Gasteiger partial charge on any atom is 0.231 e. The van der Waals surface area contributed by atoms with Crippen molar-refractivity contribution in [3.05, 3.63) is 41.6 Å². The van der Waals surface area contributed by atoms with E-state index in [2.05, 4.69) is 36.0 Å². The van der Waals surface area contributed by atoms with Gasteiger partial charge in [-0.2, -0.15) is 0 Å². The molecule has 0 radical (unpaired) electrons. The molecule has 3 aromatic rings. The minimum Gasteiger partial charge on any atom is -1.00 e. The summed E-state index contributed by atoms with van der Waals surface area (Å²) in [6.45, 7) is 0.298. The summed E-state index contributed by atoms with van der Waals surface area (Å²) in [7, 11) is 5.41. The fraction of sp³-hybridized carbons (Fsp3) is 0.250. The van der Waals surface area contributed by atoms with Gasteiger partial charge in [0.2, 0.25) is 12.5 Å². The fourth-order valence-electron chi connectivity index (χ4n) is 3.95. The van der Waals surface area contributed by atoms with Crippen molar-refractivity contribution in [3.8, 4) is 34.3 Å². The van der Waals surface area contributed by atoms with Crippen molar-refractivity contribution in [1.29, 1.82) is 0 Å². The van der Waals surface area contributed by atoms with Crippen LogP contribution in [-0.4, -0.2) is 21.0 Å². The second kappa shape index (κ2) is 5.95. The summed E-state index contributed by atoms with van der Waals surface area (Å²) in [6, 6.07) is 8.30. The summed E-state index contributed by atoms with van der Waals surface area (Å²) < 4.78 is 24.2. The van der Waals surface area contributed by atoms with E-state index >= 15 is 0 Å². The Hall–Kier alpha value is -2.66. The minimum absolute atomic E-state index is 0. The summed E-state index contributed by atoms with van der Waals surface area (Å²) in [4.78, 5) is 0.